The van der Waals surface area contributed by atoms with E-state index in [0.29, 0.717) is 16.4 Å². The van der Waals surface area contributed by atoms with Crippen LogP contribution in [0.15, 0.2) is 65.5 Å². The van der Waals surface area contributed by atoms with Gasteiger partial charge in [0.25, 0.3) is 0 Å². The van der Waals surface area contributed by atoms with E-state index in [4.69, 9.17) is 16.3 Å². The number of halogens is 1. The molecular weight excluding hydrogens is 434 g/mol. The smallest absolute Gasteiger partial charge is 0.367 e. The molecule has 4 aromatic rings. The van der Waals surface area contributed by atoms with Crippen molar-refractivity contribution in [1.82, 2.24) is 19.4 Å². The molecular formula is C22H18ClN5O4. The van der Waals surface area contributed by atoms with Crippen molar-refractivity contribution in [1.29, 1.82) is 0 Å². The number of benzene rings is 2. The number of carbonyl (C=O) groups excluding carboxylic acids is 2. The highest BCUT2D eigenvalue weighted by molar-refractivity contribution is 6.30. The first-order valence-electron chi connectivity index (χ1n) is 9.75. The molecule has 10 heteroatoms. The number of nitrogens with one attached hydrogen (secondary N) is 1. The molecule has 4 rings (SSSR count). The average Bonchev–Trinajstić information content (AvgIpc) is 3.09. The highest BCUT2D eigenvalue weighted by Gasteiger charge is 2.16. The standard InChI is InChI=1S/C22H18ClN5O4/c1-2-32-21(30)16-5-3-4-6-18(16)24-20(29)13-27-22(31)28-19(26-27)12-11-17(25-28)14-7-9-15(23)10-8-14/h3-12H,2,13H2,1H3,(H,24,29). The molecule has 0 aliphatic rings. The van der Waals surface area contributed by atoms with E-state index < -0.39 is 17.6 Å². The van der Waals surface area contributed by atoms with Crippen LogP contribution in [0.5, 0.6) is 0 Å². The second-order valence-electron chi connectivity index (χ2n) is 6.75. The van der Waals surface area contributed by atoms with Gasteiger partial charge in [-0.25, -0.2) is 14.3 Å². The minimum atomic E-state index is -0.565. The summed E-state index contributed by atoms with van der Waals surface area (Å²) < 4.78 is 7.14. The zero-order chi connectivity index (χ0) is 22.7. The Morgan fingerprint density at radius 2 is 1.78 bits per heavy atom. The third-order valence-electron chi connectivity index (χ3n) is 4.57. The molecule has 2 aromatic heterocycles. The van der Waals surface area contributed by atoms with Gasteiger partial charge in [0, 0.05) is 10.6 Å². The molecule has 0 bridgehead atoms. The van der Waals surface area contributed by atoms with E-state index >= 15 is 0 Å². The third-order valence-corrected chi connectivity index (χ3v) is 4.82. The van der Waals surface area contributed by atoms with Crippen molar-refractivity contribution in [2.45, 2.75) is 13.5 Å². The lowest BCUT2D eigenvalue weighted by molar-refractivity contribution is -0.117. The molecule has 1 amide bonds. The van der Waals surface area contributed by atoms with E-state index in [-0.39, 0.29) is 24.4 Å². The van der Waals surface area contributed by atoms with Crippen molar-refractivity contribution in [3.63, 3.8) is 0 Å². The maximum absolute atomic E-state index is 12.7. The van der Waals surface area contributed by atoms with Crippen LogP contribution in [0.25, 0.3) is 16.9 Å². The molecule has 2 aromatic carbocycles. The van der Waals surface area contributed by atoms with E-state index in [1.165, 1.54) is 0 Å². The number of rotatable bonds is 6. The lowest BCUT2D eigenvalue weighted by atomic mass is 10.1. The summed E-state index contributed by atoms with van der Waals surface area (Å²) in [7, 11) is 0. The van der Waals surface area contributed by atoms with Gasteiger partial charge in [0.05, 0.1) is 23.6 Å². The summed E-state index contributed by atoms with van der Waals surface area (Å²) in [5.41, 5.74) is 1.58. The first-order valence-corrected chi connectivity index (χ1v) is 10.1. The number of hydrogen-bond donors (Lipinski definition) is 1. The van der Waals surface area contributed by atoms with E-state index in [1.54, 1.807) is 67.6 Å². The lowest BCUT2D eigenvalue weighted by Gasteiger charge is -2.10. The van der Waals surface area contributed by atoms with Crippen molar-refractivity contribution in [2.24, 2.45) is 0 Å². The monoisotopic (exact) mass is 451 g/mol. The van der Waals surface area contributed by atoms with E-state index in [9.17, 15) is 14.4 Å². The number of hydrogen-bond acceptors (Lipinski definition) is 6. The van der Waals surface area contributed by atoms with Crippen molar-refractivity contribution < 1.29 is 14.3 Å². The highest BCUT2D eigenvalue weighted by atomic mass is 35.5. The van der Waals surface area contributed by atoms with Gasteiger partial charge in [0.15, 0.2) is 5.65 Å². The first-order chi connectivity index (χ1) is 15.5. The van der Waals surface area contributed by atoms with Crippen LogP contribution >= 0.6 is 11.6 Å². The molecule has 0 unspecified atom stereocenters. The maximum Gasteiger partial charge on any atom is 0.367 e. The summed E-state index contributed by atoms with van der Waals surface area (Å²) in [5, 5.41) is 11.7. The largest absolute Gasteiger partial charge is 0.462 e. The number of amides is 1. The van der Waals surface area contributed by atoms with Gasteiger partial charge in [-0.05, 0) is 43.3 Å². The van der Waals surface area contributed by atoms with Gasteiger partial charge in [-0.1, -0.05) is 35.9 Å². The summed E-state index contributed by atoms with van der Waals surface area (Å²) in [6.07, 6.45) is 0. The highest BCUT2D eigenvalue weighted by Crippen LogP contribution is 2.19. The Hall–Kier alpha value is -3.98. The summed E-state index contributed by atoms with van der Waals surface area (Å²) >= 11 is 5.92. The summed E-state index contributed by atoms with van der Waals surface area (Å²) in [4.78, 5) is 37.4. The van der Waals surface area contributed by atoms with Crippen molar-refractivity contribution in [2.75, 3.05) is 11.9 Å². The minimum absolute atomic E-state index is 0.211. The van der Waals surface area contributed by atoms with Crippen LogP contribution in [-0.2, 0) is 16.1 Å². The normalized spacial score (nSPS) is 10.8. The Kier molecular flexibility index (Phi) is 6.00. The number of ether oxygens (including phenoxy) is 1. The molecule has 0 aliphatic heterocycles. The number of nitrogens with zero attached hydrogens (tertiary/aromatic N) is 4. The second-order valence-corrected chi connectivity index (χ2v) is 7.19. The first kappa shape index (κ1) is 21.3. The number of anilines is 1. The number of para-hydroxylation sites is 1. The molecule has 0 fully saturated rings. The summed E-state index contributed by atoms with van der Waals surface area (Å²) in [5.74, 6) is -1.07. The van der Waals surface area contributed by atoms with Crippen LogP contribution in [0, 0.1) is 0 Å². The van der Waals surface area contributed by atoms with Crippen LogP contribution in [0.1, 0.15) is 17.3 Å². The topological polar surface area (TPSA) is 108 Å². The minimum Gasteiger partial charge on any atom is -0.462 e. The lowest BCUT2D eigenvalue weighted by Crippen LogP contribution is -2.29. The molecule has 0 atom stereocenters. The molecule has 1 N–H and O–H groups in total. The van der Waals surface area contributed by atoms with Gasteiger partial charge < -0.3 is 10.1 Å². The summed E-state index contributed by atoms with van der Waals surface area (Å²) in [6.45, 7) is 1.56. The van der Waals surface area contributed by atoms with Gasteiger partial charge >= 0.3 is 11.7 Å². The van der Waals surface area contributed by atoms with Crippen LogP contribution in [0.4, 0.5) is 5.69 Å². The predicted molar refractivity (Wildman–Crippen MR) is 119 cm³/mol. The molecule has 0 spiro atoms. The zero-order valence-corrected chi connectivity index (χ0v) is 17.7. The van der Waals surface area contributed by atoms with Crippen molar-refractivity contribution in [3.8, 4) is 11.3 Å². The van der Waals surface area contributed by atoms with Gasteiger partial charge in [0.1, 0.15) is 6.54 Å². The number of esters is 1. The Labute approximate surface area is 187 Å². The molecule has 0 saturated carbocycles. The number of fused-ring (bicyclic) bond motifs is 1. The molecule has 32 heavy (non-hydrogen) atoms. The average molecular weight is 452 g/mol. The van der Waals surface area contributed by atoms with E-state index in [1.807, 2.05) is 0 Å². The van der Waals surface area contributed by atoms with Gasteiger partial charge in [-0.15, -0.1) is 5.10 Å². The quantitative estimate of drug-likeness (QED) is 0.451. The Bertz CT molecular complexity index is 1360. The van der Waals surface area contributed by atoms with Crippen LogP contribution in [0.3, 0.4) is 0 Å². The molecule has 0 radical (unpaired) electrons. The van der Waals surface area contributed by atoms with Gasteiger partial charge in [-0.2, -0.15) is 9.61 Å². The Balaban J connectivity index is 1.57. The number of carbonyl (C=O) groups is 2. The fourth-order valence-electron chi connectivity index (χ4n) is 3.09. The second kappa shape index (κ2) is 9.03. The van der Waals surface area contributed by atoms with Crippen molar-refractivity contribution in [3.05, 3.63) is 81.7 Å². The van der Waals surface area contributed by atoms with Gasteiger partial charge in [-0.3, -0.25) is 4.79 Å². The SMILES string of the molecule is CCOC(=O)c1ccccc1NC(=O)Cn1nc2ccc(-c3ccc(Cl)cc3)nn2c1=O. The predicted octanol–water partition coefficient (Wildman–Crippen LogP) is 3.03. The molecule has 0 aliphatic carbocycles. The fraction of sp³-hybridized carbons (Fsp3) is 0.136. The van der Waals surface area contributed by atoms with Crippen LogP contribution < -0.4 is 11.0 Å². The van der Waals surface area contributed by atoms with E-state index in [2.05, 4.69) is 15.5 Å². The molecule has 9 nitrogen and oxygen atoms in total. The van der Waals surface area contributed by atoms with Crippen molar-refractivity contribution >= 4 is 34.8 Å². The zero-order valence-electron chi connectivity index (χ0n) is 17.0. The van der Waals surface area contributed by atoms with Crippen LogP contribution in [-0.4, -0.2) is 37.9 Å². The van der Waals surface area contributed by atoms with E-state index in [0.717, 1.165) is 14.8 Å². The maximum atomic E-state index is 12.7. The molecule has 2 heterocycles. The Morgan fingerprint density at radius 3 is 2.53 bits per heavy atom. The molecule has 162 valence electrons. The Morgan fingerprint density at radius 1 is 1.03 bits per heavy atom. The summed E-state index contributed by atoms with van der Waals surface area (Å²) in [6, 6.07) is 16.9. The van der Waals surface area contributed by atoms with Gasteiger partial charge in [0.2, 0.25) is 5.91 Å². The number of aromatic nitrogens is 4. The van der Waals surface area contributed by atoms with Crippen LogP contribution in [0.2, 0.25) is 5.02 Å². The molecule has 0 saturated heterocycles. The fourth-order valence-corrected chi connectivity index (χ4v) is 3.22. The third kappa shape index (κ3) is 4.37.